The monoisotopic (exact) mass is 305 g/mol. The molecule has 21 heavy (non-hydrogen) atoms. The first-order valence-electron chi connectivity index (χ1n) is 6.46. The highest BCUT2D eigenvalue weighted by atomic mass is 19.4. The zero-order chi connectivity index (χ0) is 16.0. The van der Waals surface area contributed by atoms with Crippen molar-refractivity contribution in [1.82, 2.24) is 4.90 Å². The molecule has 4 nitrogen and oxygen atoms in total. The second-order valence-electron chi connectivity index (χ2n) is 4.66. The summed E-state index contributed by atoms with van der Waals surface area (Å²) in [5.74, 6) is -0.750. The third-order valence-electron chi connectivity index (χ3n) is 2.86. The molecule has 0 aliphatic heterocycles. The summed E-state index contributed by atoms with van der Waals surface area (Å²) in [6.07, 6.45) is -3.73. The first-order valence-corrected chi connectivity index (χ1v) is 6.46. The maximum absolute atomic E-state index is 12.6. The van der Waals surface area contributed by atoms with Gasteiger partial charge >= 0.3 is 12.1 Å². The Morgan fingerprint density at radius 2 is 2.05 bits per heavy atom. The van der Waals surface area contributed by atoms with Crippen molar-refractivity contribution in [2.75, 3.05) is 20.2 Å². The van der Waals surface area contributed by atoms with Gasteiger partial charge in [0.05, 0.1) is 19.2 Å². The molecule has 0 fully saturated rings. The van der Waals surface area contributed by atoms with E-state index in [4.69, 9.17) is 9.84 Å². The normalized spacial score (nSPS) is 11.7. The summed E-state index contributed by atoms with van der Waals surface area (Å²) in [6.45, 7) is 0.993. The topological polar surface area (TPSA) is 49.8 Å². The second-order valence-corrected chi connectivity index (χ2v) is 4.66. The number of carboxylic acids is 1. The molecule has 0 aliphatic rings. The first-order chi connectivity index (χ1) is 9.76. The average molecular weight is 305 g/mol. The smallest absolute Gasteiger partial charge is 0.401 e. The molecule has 1 rings (SSSR count). The number of ether oxygens (including phenoxy) is 1. The molecule has 0 amide bonds. The number of aromatic carboxylic acids is 1. The number of alkyl halides is 3. The number of hydrogen-bond donors (Lipinski definition) is 1. The predicted molar refractivity (Wildman–Crippen MR) is 71.6 cm³/mol. The predicted octanol–water partition coefficient (Wildman–Crippen LogP) is 3.17. The van der Waals surface area contributed by atoms with Crippen molar-refractivity contribution in [2.45, 2.75) is 26.1 Å². The Labute approximate surface area is 121 Å². The van der Waals surface area contributed by atoms with Crippen LogP contribution < -0.4 is 4.74 Å². The lowest BCUT2D eigenvalue weighted by Gasteiger charge is -2.24. The minimum Gasteiger partial charge on any atom is -0.496 e. The second kappa shape index (κ2) is 7.31. The molecule has 0 unspecified atom stereocenters. The number of hydrogen-bond acceptors (Lipinski definition) is 3. The van der Waals surface area contributed by atoms with Crippen molar-refractivity contribution in [3.8, 4) is 5.75 Å². The fourth-order valence-corrected chi connectivity index (χ4v) is 2.06. The highest BCUT2D eigenvalue weighted by Gasteiger charge is 2.30. The number of rotatable bonds is 7. The lowest BCUT2D eigenvalue weighted by molar-refractivity contribution is -0.147. The van der Waals surface area contributed by atoms with Gasteiger partial charge < -0.3 is 9.84 Å². The van der Waals surface area contributed by atoms with E-state index in [1.807, 2.05) is 0 Å². The van der Waals surface area contributed by atoms with Gasteiger partial charge in [-0.05, 0) is 31.2 Å². The fourth-order valence-electron chi connectivity index (χ4n) is 2.06. The Morgan fingerprint density at radius 3 is 2.52 bits per heavy atom. The molecule has 0 aromatic heterocycles. The number of carbonyl (C=O) groups is 1. The van der Waals surface area contributed by atoms with Gasteiger partial charge in [0.25, 0.3) is 0 Å². The van der Waals surface area contributed by atoms with Crippen molar-refractivity contribution in [3.63, 3.8) is 0 Å². The Balaban J connectivity index is 3.00. The van der Waals surface area contributed by atoms with Gasteiger partial charge in [-0.1, -0.05) is 6.92 Å². The van der Waals surface area contributed by atoms with Crippen molar-refractivity contribution in [1.29, 1.82) is 0 Å². The van der Waals surface area contributed by atoms with Crippen molar-refractivity contribution >= 4 is 5.97 Å². The zero-order valence-electron chi connectivity index (χ0n) is 11.9. The molecule has 0 saturated heterocycles. The van der Waals surface area contributed by atoms with E-state index in [0.29, 0.717) is 17.7 Å². The summed E-state index contributed by atoms with van der Waals surface area (Å²) in [7, 11) is 1.40. The largest absolute Gasteiger partial charge is 0.496 e. The van der Waals surface area contributed by atoms with Crippen LogP contribution in [0.5, 0.6) is 5.75 Å². The van der Waals surface area contributed by atoms with Gasteiger partial charge in [-0.25, -0.2) is 4.79 Å². The minimum absolute atomic E-state index is 0.0162. The molecular formula is C14H18F3NO3. The standard InChI is InChI=1S/C14H18F3NO3/c1-3-6-18(9-14(15,16)17)8-11-7-10(13(19)20)4-5-12(11)21-2/h4-5,7H,3,6,8-9H2,1-2H3,(H,19,20). The molecule has 118 valence electrons. The molecule has 0 bridgehead atoms. The Hall–Kier alpha value is -1.76. The van der Waals surface area contributed by atoms with Crippen molar-refractivity contribution in [3.05, 3.63) is 29.3 Å². The molecule has 1 N–H and O–H groups in total. The molecule has 1 aromatic carbocycles. The highest BCUT2D eigenvalue weighted by Crippen LogP contribution is 2.24. The molecule has 1 aromatic rings. The van der Waals surface area contributed by atoms with Gasteiger partial charge in [0.15, 0.2) is 0 Å². The van der Waals surface area contributed by atoms with E-state index in [-0.39, 0.29) is 18.7 Å². The Morgan fingerprint density at radius 1 is 1.38 bits per heavy atom. The minimum atomic E-state index is -4.30. The number of carboxylic acid groups (broad SMARTS) is 1. The van der Waals surface area contributed by atoms with Crippen LogP contribution in [-0.2, 0) is 6.54 Å². The van der Waals surface area contributed by atoms with Gasteiger partial charge in [-0.15, -0.1) is 0 Å². The zero-order valence-corrected chi connectivity index (χ0v) is 11.9. The van der Waals surface area contributed by atoms with Crippen LogP contribution in [0.2, 0.25) is 0 Å². The highest BCUT2D eigenvalue weighted by molar-refractivity contribution is 5.88. The van der Waals surface area contributed by atoms with Crippen LogP contribution in [0.15, 0.2) is 18.2 Å². The van der Waals surface area contributed by atoms with Crippen LogP contribution in [0.25, 0.3) is 0 Å². The third kappa shape index (κ3) is 5.63. The summed E-state index contributed by atoms with van der Waals surface area (Å²) < 4.78 is 42.8. The van der Waals surface area contributed by atoms with Crippen LogP contribution in [0.3, 0.4) is 0 Å². The van der Waals surface area contributed by atoms with Crippen molar-refractivity contribution in [2.24, 2.45) is 0 Å². The summed E-state index contributed by atoms with van der Waals surface area (Å²) in [4.78, 5) is 12.2. The van der Waals surface area contributed by atoms with Gasteiger partial charge in [0.1, 0.15) is 5.75 Å². The fraction of sp³-hybridized carbons (Fsp3) is 0.500. The maximum Gasteiger partial charge on any atom is 0.401 e. The van der Waals surface area contributed by atoms with Gasteiger partial charge in [0, 0.05) is 12.1 Å². The van der Waals surface area contributed by atoms with E-state index in [2.05, 4.69) is 0 Å². The SMILES string of the molecule is CCCN(Cc1cc(C(=O)O)ccc1OC)CC(F)(F)F. The van der Waals surface area contributed by atoms with E-state index < -0.39 is 18.7 Å². The molecular weight excluding hydrogens is 287 g/mol. The first kappa shape index (κ1) is 17.3. The molecule has 0 heterocycles. The summed E-state index contributed by atoms with van der Waals surface area (Å²) in [5, 5.41) is 8.96. The van der Waals surface area contributed by atoms with E-state index in [9.17, 15) is 18.0 Å². The van der Waals surface area contributed by atoms with Crippen LogP contribution in [0.1, 0.15) is 29.3 Å². The Kier molecular flexibility index (Phi) is 6.02. The lowest BCUT2D eigenvalue weighted by Crippen LogP contribution is -2.34. The van der Waals surface area contributed by atoms with E-state index in [1.165, 1.54) is 30.2 Å². The number of halogens is 3. The molecule has 0 aliphatic carbocycles. The third-order valence-corrected chi connectivity index (χ3v) is 2.86. The quantitative estimate of drug-likeness (QED) is 0.840. The molecule has 7 heteroatoms. The van der Waals surface area contributed by atoms with Crippen molar-refractivity contribution < 1.29 is 27.8 Å². The number of nitrogens with zero attached hydrogens (tertiary/aromatic N) is 1. The van der Waals surface area contributed by atoms with Crippen LogP contribution in [-0.4, -0.2) is 42.4 Å². The molecule has 0 spiro atoms. The summed E-state index contributed by atoms with van der Waals surface area (Å²) in [6, 6.07) is 4.16. The average Bonchev–Trinajstić information content (AvgIpc) is 2.36. The molecule has 0 saturated carbocycles. The summed E-state index contributed by atoms with van der Waals surface area (Å²) >= 11 is 0. The van der Waals surface area contributed by atoms with Gasteiger partial charge in [0.2, 0.25) is 0 Å². The number of benzene rings is 1. The van der Waals surface area contributed by atoms with E-state index >= 15 is 0 Å². The van der Waals surface area contributed by atoms with Gasteiger partial charge in [-0.3, -0.25) is 4.90 Å². The Bertz CT molecular complexity index is 489. The van der Waals surface area contributed by atoms with E-state index in [0.717, 1.165) is 0 Å². The summed E-state index contributed by atoms with van der Waals surface area (Å²) in [5.41, 5.74) is 0.448. The molecule has 0 radical (unpaired) electrons. The van der Waals surface area contributed by atoms with E-state index in [1.54, 1.807) is 6.92 Å². The van der Waals surface area contributed by atoms with Crippen LogP contribution >= 0.6 is 0 Å². The lowest BCUT2D eigenvalue weighted by atomic mass is 10.1. The van der Waals surface area contributed by atoms with Gasteiger partial charge in [-0.2, -0.15) is 13.2 Å². The van der Waals surface area contributed by atoms with Crippen LogP contribution in [0, 0.1) is 0 Å². The number of methoxy groups -OCH3 is 1. The maximum atomic E-state index is 12.6. The molecule has 0 atom stereocenters. The van der Waals surface area contributed by atoms with Crippen LogP contribution in [0.4, 0.5) is 13.2 Å².